The SMILES string of the molecule is COc1ccc(C[NH+]2CC[NH+](CC(=O)Nc3ccc(OC)cc3OC)CC2)cc1. The number of anilines is 1. The van der Waals surface area contributed by atoms with Crippen molar-refractivity contribution in [2.45, 2.75) is 6.54 Å². The molecule has 7 heteroatoms. The van der Waals surface area contributed by atoms with Gasteiger partial charge in [-0.15, -0.1) is 0 Å². The molecule has 0 aromatic heterocycles. The molecule has 1 aliphatic heterocycles. The highest BCUT2D eigenvalue weighted by Gasteiger charge is 2.25. The first-order chi connectivity index (χ1) is 14.1. The average molecular weight is 402 g/mol. The number of methoxy groups -OCH3 is 3. The molecule has 0 aliphatic carbocycles. The molecular formula is C22H31N3O4+2. The summed E-state index contributed by atoms with van der Waals surface area (Å²) in [6, 6.07) is 13.7. The van der Waals surface area contributed by atoms with Gasteiger partial charge in [-0.1, -0.05) is 0 Å². The van der Waals surface area contributed by atoms with Crippen molar-refractivity contribution in [2.24, 2.45) is 0 Å². The van der Waals surface area contributed by atoms with Crippen molar-refractivity contribution < 1.29 is 28.8 Å². The van der Waals surface area contributed by atoms with Crippen LogP contribution in [0.2, 0.25) is 0 Å². The number of piperazine rings is 1. The van der Waals surface area contributed by atoms with Crippen molar-refractivity contribution in [3.63, 3.8) is 0 Å². The van der Waals surface area contributed by atoms with Crippen LogP contribution < -0.4 is 29.3 Å². The number of benzene rings is 2. The smallest absolute Gasteiger partial charge is 0.279 e. The van der Waals surface area contributed by atoms with E-state index in [0.29, 0.717) is 23.7 Å². The van der Waals surface area contributed by atoms with E-state index in [9.17, 15) is 4.79 Å². The lowest BCUT2D eigenvalue weighted by Gasteiger charge is -2.29. The Bertz CT molecular complexity index is 802. The van der Waals surface area contributed by atoms with Gasteiger partial charge in [0.1, 0.15) is 50.0 Å². The van der Waals surface area contributed by atoms with E-state index in [-0.39, 0.29) is 5.91 Å². The highest BCUT2D eigenvalue weighted by atomic mass is 16.5. The van der Waals surface area contributed by atoms with Crippen LogP contribution in [0.25, 0.3) is 0 Å². The van der Waals surface area contributed by atoms with Crippen LogP contribution in [0.3, 0.4) is 0 Å². The summed E-state index contributed by atoms with van der Waals surface area (Å²) in [5.41, 5.74) is 1.98. The maximum Gasteiger partial charge on any atom is 0.279 e. The molecular weight excluding hydrogens is 370 g/mol. The van der Waals surface area contributed by atoms with Crippen LogP contribution in [0, 0.1) is 0 Å². The number of hydrogen-bond donors (Lipinski definition) is 3. The van der Waals surface area contributed by atoms with Crippen LogP contribution in [0.5, 0.6) is 17.2 Å². The maximum atomic E-state index is 12.5. The highest BCUT2D eigenvalue weighted by molar-refractivity contribution is 5.93. The molecule has 3 N–H and O–H groups in total. The van der Waals surface area contributed by atoms with Gasteiger partial charge in [0.05, 0.1) is 27.0 Å². The first kappa shape index (κ1) is 21.0. The summed E-state index contributed by atoms with van der Waals surface area (Å²) in [6.45, 7) is 5.55. The molecule has 1 aliphatic rings. The summed E-state index contributed by atoms with van der Waals surface area (Å²) in [4.78, 5) is 15.4. The van der Waals surface area contributed by atoms with E-state index >= 15 is 0 Å². The molecule has 3 rings (SSSR count). The molecule has 1 heterocycles. The van der Waals surface area contributed by atoms with Gasteiger partial charge in [0.25, 0.3) is 5.91 Å². The lowest BCUT2D eigenvalue weighted by Crippen LogP contribution is -3.28. The van der Waals surface area contributed by atoms with E-state index in [1.165, 1.54) is 10.5 Å². The first-order valence-electron chi connectivity index (χ1n) is 9.93. The third-order valence-electron chi connectivity index (χ3n) is 5.37. The van der Waals surface area contributed by atoms with Crippen LogP contribution in [0.15, 0.2) is 42.5 Å². The fourth-order valence-corrected chi connectivity index (χ4v) is 3.67. The van der Waals surface area contributed by atoms with Gasteiger partial charge in [0, 0.05) is 11.6 Å². The molecule has 1 amide bonds. The minimum absolute atomic E-state index is 0.00192. The molecule has 0 radical (unpaired) electrons. The van der Waals surface area contributed by atoms with E-state index in [1.54, 1.807) is 32.3 Å². The topological polar surface area (TPSA) is 65.7 Å². The monoisotopic (exact) mass is 401 g/mol. The Morgan fingerprint density at radius 2 is 1.48 bits per heavy atom. The van der Waals surface area contributed by atoms with Crippen molar-refractivity contribution in [3.8, 4) is 17.2 Å². The number of carbonyl (C=O) groups is 1. The maximum absolute atomic E-state index is 12.5. The molecule has 1 saturated heterocycles. The largest absolute Gasteiger partial charge is 0.497 e. The third kappa shape index (κ3) is 5.85. The van der Waals surface area contributed by atoms with Gasteiger partial charge in [0.15, 0.2) is 6.54 Å². The minimum atomic E-state index is 0.00192. The third-order valence-corrected chi connectivity index (χ3v) is 5.37. The first-order valence-corrected chi connectivity index (χ1v) is 9.93. The summed E-state index contributed by atoms with van der Waals surface area (Å²) in [7, 11) is 4.87. The van der Waals surface area contributed by atoms with E-state index in [4.69, 9.17) is 14.2 Å². The molecule has 0 spiro atoms. The lowest BCUT2D eigenvalue weighted by molar-refractivity contribution is -1.02. The Morgan fingerprint density at radius 3 is 2.10 bits per heavy atom. The van der Waals surface area contributed by atoms with Crippen LogP contribution in [-0.4, -0.2) is 60.0 Å². The molecule has 0 bridgehead atoms. The Morgan fingerprint density at radius 1 is 0.862 bits per heavy atom. The van der Waals surface area contributed by atoms with Gasteiger partial charge in [-0.2, -0.15) is 0 Å². The molecule has 0 saturated carbocycles. The van der Waals surface area contributed by atoms with Crippen LogP contribution in [-0.2, 0) is 11.3 Å². The van der Waals surface area contributed by atoms with Crippen LogP contribution in [0.4, 0.5) is 5.69 Å². The van der Waals surface area contributed by atoms with E-state index < -0.39 is 0 Å². The van der Waals surface area contributed by atoms with Gasteiger partial charge in [-0.3, -0.25) is 4.79 Å². The normalized spacial score (nSPS) is 18.7. The summed E-state index contributed by atoms with van der Waals surface area (Å²) in [6.07, 6.45) is 0. The average Bonchev–Trinajstić information content (AvgIpc) is 2.76. The molecule has 29 heavy (non-hydrogen) atoms. The van der Waals surface area contributed by atoms with Gasteiger partial charge >= 0.3 is 0 Å². The zero-order valence-electron chi connectivity index (χ0n) is 17.4. The van der Waals surface area contributed by atoms with Gasteiger partial charge in [-0.25, -0.2) is 0 Å². The Balaban J connectivity index is 1.46. The number of hydrogen-bond acceptors (Lipinski definition) is 4. The van der Waals surface area contributed by atoms with E-state index in [0.717, 1.165) is 38.5 Å². The second-order valence-corrected chi connectivity index (χ2v) is 7.32. The molecule has 1 fully saturated rings. The quantitative estimate of drug-likeness (QED) is 0.565. The fraction of sp³-hybridized carbons (Fsp3) is 0.409. The zero-order valence-corrected chi connectivity index (χ0v) is 17.4. The van der Waals surface area contributed by atoms with Crippen molar-refractivity contribution in [3.05, 3.63) is 48.0 Å². The standard InChI is InChI=1S/C22H29N3O4/c1-27-18-6-4-17(5-7-18)15-24-10-12-25(13-11-24)16-22(26)23-20-9-8-19(28-2)14-21(20)29-3/h4-9,14H,10-13,15-16H2,1-3H3,(H,23,26)/p+2. The van der Waals surface area contributed by atoms with Crippen molar-refractivity contribution >= 4 is 11.6 Å². The van der Waals surface area contributed by atoms with Gasteiger partial charge in [-0.05, 0) is 36.4 Å². The second-order valence-electron chi connectivity index (χ2n) is 7.32. The predicted octanol–water partition coefficient (Wildman–Crippen LogP) is -0.365. The van der Waals surface area contributed by atoms with E-state index in [1.807, 2.05) is 24.3 Å². The zero-order chi connectivity index (χ0) is 20.6. The van der Waals surface area contributed by atoms with Crippen molar-refractivity contribution in [1.29, 1.82) is 0 Å². The van der Waals surface area contributed by atoms with Gasteiger partial charge < -0.3 is 29.3 Å². The van der Waals surface area contributed by atoms with Crippen LogP contribution in [0.1, 0.15) is 5.56 Å². The molecule has 2 aromatic rings. The van der Waals surface area contributed by atoms with Gasteiger partial charge in [0.2, 0.25) is 0 Å². The number of quaternary nitrogens is 2. The number of rotatable bonds is 8. The summed E-state index contributed by atoms with van der Waals surface area (Å²) >= 11 is 0. The number of carbonyl (C=O) groups excluding carboxylic acids is 1. The minimum Gasteiger partial charge on any atom is -0.497 e. The lowest BCUT2D eigenvalue weighted by atomic mass is 10.2. The summed E-state index contributed by atoms with van der Waals surface area (Å²) in [5, 5.41) is 2.96. The molecule has 0 unspecified atom stereocenters. The molecule has 2 aromatic carbocycles. The highest BCUT2D eigenvalue weighted by Crippen LogP contribution is 2.28. The Hall–Kier alpha value is -2.77. The Labute approximate surface area is 172 Å². The van der Waals surface area contributed by atoms with E-state index in [2.05, 4.69) is 17.4 Å². The summed E-state index contributed by atoms with van der Waals surface area (Å²) < 4.78 is 15.8. The molecule has 0 atom stereocenters. The van der Waals surface area contributed by atoms with Crippen molar-refractivity contribution in [1.82, 2.24) is 0 Å². The number of amides is 1. The molecule has 7 nitrogen and oxygen atoms in total. The van der Waals surface area contributed by atoms with Crippen LogP contribution >= 0.6 is 0 Å². The number of nitrogens with one attached hydrogen (secondary N) is 3. The van der Waals surface area contributed by atoms with Crippen molar-refractivity contribution in [2.75, 3.05) is 59.4 Å². The predicted molar refractivity (Wildman–Crippen MR) is 111 cm³/mol. The second kappa shape index (κ2) is 10.1. The summed E-state index contributed by atoms with van der Waals surface area (Å²) in [5.74, 6) is 2.18. The molecule has 156 valence electrons. The Kier molecular flexibility index (Phi) is 7.32. The number of ether oxygens (including phenoxy) is 3. The fourth-order valence-electron chi connectivity index (χ4n) is 3.67.